The molecule has 14 heteroatoms. The van der Waals surface area contributed by atoms with E-state index < -0.39 is 69.7 Å². The van der Waals surface area contributed by atoms with Gasteiger partial charge in [0.25, 0.3) is 0 Å². The maximum Gasteiger partial charge on any atom is 0.573 e. The SMILES string of the molecule is CCCCCc1cnc(-c2ccc(-c3cc(F)c(C(F)(F)Oc4ccc(-c5ccc(OC(F)(F)F)c(F)c5)c(F)c4)c(F)c3)c(F)c2)nc1. The Labute approximate surface area is 273 Å². The van der Waals surface area contributed by atoms with E-state index >= 15 is 22.0 Å². The van der Waals surface area contributed by atoms with Crippen LogP contribution in [-0.2, 0) is 12.5 Å². The second-order valence-electron chi connectivity index (χ2n) is 10.8. The van der Waals surface area contributed by atoms with Crippen molar-refractivity contribution in [1.82, 2.24) is 9.97 Å². The normalized spacial score (nSPS) is 11.9. The Morgan fingerprint density at radius 1 is 0.592 bits per heavy atom. The van der Waals surface area contributed by atoms with Gasteiger partial charge in [0.15, 0.2) is 17.4 Å². The van der Waals surface area contributed by atoms with Gasteiger partial charge >= 0.3 is 12.5 Å². The molecule has 0 spiro atoms. The molecule has 0 aliphatic carbocycles. The van der Waals surface area contributed by atoms with Gasteiger partial charge in [-0.1, -0.05) is 38.0 Å². The molecule has 0 N–H and O–H groups in total. The highest BCUT2D eigenvalue weighted by Gasteiger charge is 2.41. The molecule has 0 atom stereocenters. The summed E-state index contributed by atoms with van der Waals surface area (Å²) >= 11 is 0. The van der Waals surface area contributed by atoms with Crippen LogP contribution in [0.5, 0.6) is 11.5 Å². The van der Waals surface area contributed by atoms with E-state index in [9.17, 15) is 22.0 Å². The van der Waals surface area contributed by atoms with E-state index in [1.54, 1.807) is 12.4 Å². The van der Waals surface area contributed by atoms with E-state index in [1.165, 1.54) is 12.1 Å². The molecule has 1 heterocycles. The van der Waals surface area contributed by atoms with Crippen molar-refractivity contribution in [2.24, 2.45) is 0 Å². The molecule has 0 radical (unpaired) electrons. The fourth-order valence-electron chi connectivity index (χ4n) is 4.98. The third-order valence-electron chi connectivity index (χ3n) is 7.30. The molecular weight excluding hydrogens is 670 g/mol. The van der Waals surface area contributed by atoms with Gasteiger partial charge in [-0.2, -0.15) is 8.78 Å². The highest BCUT2D eigenvalue weighted by molar-refractivity contribution is 5.69. The summed E-state index contributed by atoms with van der Waals surface area (Å²) in [4.78, 5) is 8.49. The zero-order valence-electron chi connectivity index (χ0n) is 25.3. The largest absolute Gasteiger partial charge is 0.573 e. The summed E-state index contributed by atoms with van der Waals surface area (Å²) in [6, 6.07) is 8.64. The summed E-state index contributed by atoms with van der Waals surface area (Å²) in [5.41, 5.74) is -2.07. The van der Waals surface area contributed by atoms with Crippen molar-refractivity contribution in [1.29, 1.82) is 0 Å². The average Bonchev–Trinajstić information content (AvgIpc) is 3.01. The Balaban J connectivity index is 1.33. The van der Waals surface area contributed by atoms with Crippen molar-refractivity contribution >= 4 is 0 Å². The number of alkyl halides is 5. The van der Waals surface area contributed by atoms with Crippen LogP contribution in [0.1, 0.15) is 37.3 Å². The predicted molar refractivity (Wildman–Crippen MR) is 159 cm³/mol. The number of rotatable bonds is 11. The first-order valence-electron chi connectivity index (χ1n) is 14.7. The second kappa shape index (κ2) is 14.1. The van der Waals surface area contributed by atoms with Gasteiger partial charge in [0.1, 0.15) is 34.6 Å². The van der Waals surface area contributed by atoms with Crippen LogP contribution in [0.4, 0.5) is 43.9 Å². The Hall–Kier alpha value is -5.14. The maximum atomic E-state index is 15.1. The van der Waals surface area contributed by atoms with Crippen molar-refractivity contribution in [3.05, 3.63) is 119 Å². The number of ether oxygens (including phenoxy) is 2. The number of unbranched alkanes of at least 4 members (excludes halogenated alkanes) is 2. The van der Waals surface area contributed by atoms with Crippen LogP contribution in [-0.4, -0.2) is 16.3 Å². The molecule has 0 aliphatic rings. The number of halogens is 10. The number of hydrogen-bond acceptors (Lipinski definition) is 4. The molecule has 0 aliphatic heterocycles. The molecule has 0 saturated carbocycles. The highest BCUT2D eigenvalue weighted by Crippen LogP contribution is 2.39. The molecule has 0 bridgehead atoms. The van der Waals surface area contributed by atoms with E-state index in [4.69, 9.17) is 0 Å². The zero-order chi connectivity index (χ0) is 35.5. The lowest BCUT2D eigenvalue weighted by Crippen LogP contribution is -2.25. The van der Waals surface area contributed by atoms with Gasteiger partial charge in [0, 0.05) is 35.2 Å². The predicted octanol–water partition coefficient (Wildman–Crippen LogP) is 10.9. The lowest BCUT2D eigenvalue weighted by Gasteiger charge is -2.20. The Bertz CT molecular complexity index is 1940. The summed E-state index contributed by atoms with van der Waals surface area (Å²) < 4.78 is 149. The molecule has 256 valence electrons. The van der Waals surface area contributed by atoms with Gasteiger partial charge in [0.2, 0.25) is 0 Å². The van der Waals surface area contributed by atoms with Crippen LogP contribution in [0.3, 0.4) is 0 Å². The van der Waals surface area contributed by atoms with Crippen LogP contribution in [0.2, 0.25) is 0 Å². The molecule has 49 heavy (non-hydrogen) atoms. The molecule has 0 amide bonds. The van der Waals surface area contributed by atoms with Crippen LogP contribution in [0, 0.1) is 29.1 Å². The summed E-state index contributed by atoms with van der Waals surface area (Å²) in [5, 5.41) is 0. The van der Waals surface area contributed by atoms with E-state index in [2.05, 4.69) is 26.4 Å². The topological polar surface area (TPSA) is 44.2 Å². The van der Waals surface area contributed by atoms with E-state index in [1.807, 2.05) is 0 Å². The van der Waals surface area contributed by atoms with Gasteiger partial charge in [0.05, 0.1) is 0 Å². The smallest absolute Gasteiger partial charge is 0.429 e. The third kappa shape index (κ3) is 8.30. The molecule has 4 nitrogen and oxygen atoms in total. The third-order valence-corrected chi connectivity index (χ3v) is 7.30. The van der Waals surface area contributed by atoms with E-state index in [0.717, 1.165) is 55.5 Å². The Morgan fingerprint density at radius 3 is 1.76 bits per heavy atom. The van der Waals surface area contributed by atoms with Crippen molar-refractivity contribution in [3.8, 4) is 45.1 Å². The molecule has 5 aromatic rings. The molecule has 1 aromatic heterocycles. The molecular formula is C35H24F10N2O2. The lowest BCUT2D eigenvalue weighted by atomic mass is 10.00. The number of hydrogen-bond donors (Lipinski definition) is 0. The first-order chi connectivity index (χ1) is 23.1. The maximum absolute atomic E-state index is 15.1. The summed E-state index contributed by atoms with van der Waals surface area (Å²) in [7, 11) is 0. The Morgan fingerprint density at radius 2 is 1.16 bits per heavy atom. The average molecular weight is 695 g/mol. The van der Waals surface area contributed by atoms with Gasteiger partial charge in [-0.15, -0.1) is 13.2 Å². The fraction of sp³-hybridized carbons (Fsp3) is 0.200. The van der Waals surface area contributed by atoms with Crippen molar-refractivity contribution < 1.29 is 53.4 Å². The molecule has 0 fully saturated rings. The molecule has 5 rings (SSSR count). The minimum absolute atomic E-state index is 0.208. The van der Waals surface area contributed by atoms with E-state index in [0.29, 0.717) is 30.3 Å². The summed E-state index contributed by atoms with van der Waals surface area (Å²) in [6.07, 6.45) is -2.79. The number of aromatic nitrogens is 2. The summed E-state index contributed by atoms with van der Waals surface area (Å²) in [5.74, 6) is -9.15. The van der Waals surface area contributed by atoms with Crippen LogP contribution >= 0.6 is 0 Å². The highest BCUT2D eigenvalue weighted by atomic mass is 19.4. The summed E-state index contributed by atoms with van der Waals surface area (Å²) in [6.45, 7) is 2.08. The van der Waals surface area contributed by atoms with Gasteiger partial charge in [-0.05, 0) is 72.0 Å². The van der Waals surface area contributed by atoms with Crippen molar-refractivity contribution in [3.63, 3.8) is 0 Å². The fourth-order valence-corrected chi connectivity index (χ4v) is 4.98. The van der Waals surface area contributed by atoms with Crippen molar-refractivity contribution in [2.75, 3.05) is 0 Å². The quantitative estimate of drug-likeness (QED) is 0.102. The first kappa shape index (κ1) is 35.2. The second-order valence-corrected chi connectivity index (χ2v) is 10.8. The number of aryl methyl sites for hydroxylation is 1. The molecule has 0 unspecified atom stereocenters. The van der Waals surface area contributed by atoms with Gasteiger partial charge in [-0.3, -0.25) is 0 Å². The minimum atomic E-state index is -5.19. The van der Waals surface area contributed by atoms with E-state index in [-0.39, 0.29) is 22.5 Å². The van der Waals surface area contributed by atoms with Crippen molar-refractivity contribution in [2.45, 2.75) is 45.1 Å². The van der Waals surface area contributed by atoms with Crippen LogP contribution in [0.25, 0.3) is 33.6 Å². The van der Waals surface area contributed by atoms with Crippen LogP contribution in [0.15, 0.2) is 79.1 Å². The monoisotopic (exact) mass is 694 g/mol. The molecule has 0 saturated heterocycles. The number of nitrogens with zero attached hydrogens (tertiary/aromatic N) is 2. The Kier molecular flexibility index (Phi) is 10.2. The first-order valence-corrected chi connectivity index (χ1v) is 14.7. The zero-order valence-corrected chi connectivity index (χ0v) is 25.3. The minimum Gasteiger partial charge on any atom is -0.429 e. The molecule has 4 aromatic carbocycles. The van der Waals surface area contributed by atoms with Gasteiger partial charge in [-0.25, -0.2) is 31.9 Å². The van der Waals surface area contributed by atoms with Crippen LogP contribution < -0.4 is 9.47 Å². The standard InChI is InChI=1S/C35H24F10N2O2/c1-2-3-4-5-19-17-46-33(47-18-19)21-6-9-25(26(36)13-21)22-14-29(39)32(30(40)15-22)34(41,42)48-23-8-10-24(27(37)16-23)20-7-11-31(28(38)12-20)49-35(43,44)45/h6-18H,2-5H2,1H3. The van der Waals surface area contributed by atoms with Gasteiger partial charge < -0.3 is 9.47 Å². The number of benzene rings is 4. The lowest BCUT2D eigenvalue weighted by molar-refractivity contribution is -0.275.